The van der Waals surface area contributed by atoms with E-state index in [9.17, 15) is 0 Å². The van der Waals surface area contributed by atoms with E-state index in [2.05, 4.69) is 0 Å². The Morgan fingerprint density at radius 2 is 1.42 bits per heavy atom. The SMILES string of the molecule is CCO[Si](COc1ccccc1C)(OCC)OCC. The van der Waals surface area contributed by atoms with Gasteiger partial charge in [-0.3, -0.25) is 0 Å². The molecular weight excluding hydrogens is 260 g/mol. The smallest absolute Gasteiger partial charge is 0.489 e. The Labute approximate surface area is 117 Å². The van der Waals surface area contributed by atoms with Gasteiger partial charge in [-0.1, -0.05) is 18.2 Å². The third-order valence-electron chi connectivity index (χ3n) is 2.59. The van der Waals surface area contributed by atoms with Crippen molar-refractivity contribution in [1.29, 1.82) is 0 Å². The van der Waals surface area contributed by atoms with Crippen LogP contribution in [0, 0.1) is 6.92 Å². The van der Waals surface area contributed by atoms with E-state index in [1.807, 2.05) is 52.0 Å². The lowest BCUT2D eigenvalue weighted by Crippen LogP contribution is -2.51. The standard InChI is InChI=1S/C14H24O4Si/c1-5-16-19(17-6-2,18-7-3)12-15-14-11-9-8-10-13(14)4/h8-11H,5-7,12H2,1-4H3. The summed E-state index contributed by atoms with van der Waals surface area (Å²) in [6.07, 6.45) is 0.341. The molecule has 1 aromatic rings. The molecule has 108 valence electrons. The van der Waals surface area contributed by atoms with Crippen LogP contribution in [0.1, 0.15) is 26.3 Å². The highest BCUT2D eigenvalue weighted by atomic mass is 28.4. The summed E-state index contributed by atoms with van der Waals surface area (Å²) in [6.45, 7) is 9.51. The second-order valence-corrected chi connectivity index (χ2v) is 6.56. The molecule has 19 heavy (non-hydrogen) atoms. The van der Waals surface area contributed by atoms with E-state index in [1.54, 1.807) is 0 Å². The Morgan fingerprint density at radius 3 is 1.89 bits per heavy atom. The minimum absolute atomic E-state index is 0.341. The van der Waals surface area contributed by atoms with Gasteiger partial charge < -0.3 is 18.0 Å². The number of aryl methyl sites for hydroxylation is 1. The molecule has 0 atom stereocenters. The van der Waals surface area contributed by atoms with Crippen molar-refractivity contribution in [3.05, 3.63) is 29.8 Å². The predicted molar refractivity (Wildman–Crippen MR) is 77.3 cm³/mol. The first-order chi connectivity index (χ1) is 9.17. The fourth-order valence-corrected chi connectivity index (χ4v) is 3.95. The number of hydrogen-bond donors (Lipinski definition) is 0. The number of ether oxygens (including phenoxy) is 1. The van der Waals surface area contributed by atoms with E-state index in [-0.39, 0.29) is 0 Å². The van der Waals surface area contributed by atoms with Crippen LogP contribution in [0.15, 0.2) is 24.3 Å². The average Bonchev–Trinajstić information content (AvgIpc) is 2.39. The van der Waals surface area contributed by atoms with Crippen molar-refractivity contribution in [2.24, 2.45) is 0 Å². The molecule has 0 aliphatic rings. The number of hydrogen-bond acceptors (Lipinski definition) is 4. The Kier molecular flexibility index (Phi) is 7.08. The van der Waals surface area contributed by atoms with Gasteiger partial charge in [0.25, 0.3) is 0 Å². The maximum absolute atomic E-state index is 5.85. The maximum Gasteiger partial charge on any atom is 0.540 e. The second-order valence-electron chi connectivity index (χ2n) is 4.04. The quantitative estimate of drug-likeness (QED) is 0.653. The number of benzene rings is 1. The summed E-state index contributed by atoms with van der Waals surface area (Å²) in [5.74, 6) is 0.846. The zero-order valence-corrected chi connectivity index (χ0v) is 13.3. The predicted octanol–water partition coefficient (Wildman–Crippen LogP) is 2.96. The van der Waals surface area contributed by atoms with E-state index in [1.165, 1.54) is 0 Å². The molecule has 0 aliphatic heterocycles. The molecular formula is C14H24O4Si. The van der Waals surface area contributed by atoms with Crippen molar-refractivity contribution >= 4 is 8.80 Å². The lowest BCUT2D eigenvalue weighted by molar-refractivity contribution is 0.0540. The summed E-state index contributed by atoms with van der Waals surface area (Å²) in [5.41, 5.74) is 1.09. The van der Waals surface area contributed by atoms with Crippen LogP contribution in [-0.4, -0.2) is 34.9 Å². The molecule has 1 aromatic carbocycles. The molecule has 1 rings (SSSR count). The third-order valence-corrected chi connectivity index (χ3v) is 5.27. The van der Waals surface area contributed by atoms with Crippen molar-refractivity contribution in [2.45, 2.75) is 27.7 Å². The summed E-state index contributed by atoms with van der Waals surface area (Å²) in [4.78, 5) is 0. The molecule has 0 aliphatic carbocycles. The molecule has 0 heterocycles. The molecule has 5 heteroatoms. The summed E-state index contributed by atoms with van der Waals surface area (Å²) >= 11 is 0. The molecule has 0 aromatic heterocycles. The van der Waals surface area contributed by atoms with Crippen molar-refractivity contribution in [3.63, 3.8) is 0 Å². The van der Waals surface area contributed by atoms with E-state index >= 15 is 0 Å². The summed E-state index contributed by atoms with van der Waals surface area (Å²) in [6, 6.07) is 7.90. The van der Waals surface area contributed by atoms with Gasteiger partial charge in [-0.2, -0.15) is 0 Å². The fraction of sp³-hybridized carbons (Fsp3) is 0.571. The van der Waals surface area contributed by atoms with Gasteiger partial charge in [-0.05, 0) is 39.3 Å². The molecule has 0 saturated heterocycles. The Hall–Kier alpha value is -0.883. The Morgan fingerprint density at radius 1 is 0.895 bits per heavy atom. The van der Waals surface area contributed by atoms with E-state index < -0.39 is 8.80 Å². The average molecular weight is 284 g/mol. The largest absolute Gasteiger partial charge is 0.540 e. The minimum atomic E-state index is -2.72. The summed E-state index contributed by atoms with van der Waals surface area (Å²) < 4.78 is 23.1. The van der Waals surface area contributed by atoms with E-state index in [4.69, 9.17) is 18.0 Å². The van der Waals surface area contributed by atoms with Gasteiger partial charge in [0.05, 0.1) is 0 Å². The number of rotatable bonds is 9. The molecule has 0 unspecified atom stereocenters. The first-order valence-corrected chi connectivity index (χ1v) is 8.71. The van der Waals surface area contributed by atoms with Crippen molar-refractivity contribution in [3.8, 4) is 5.75 Å². The normalized spacial score (nSPS) is 11.6. The molecule has 0 radical (unpaired) electrons. The van der Waals surface area contributed by atoms with Crippen LogP contribution in [0.5, 0.6) is 5.75 Å². The summed E-state index contributed by atoms with van der Waals surface area (Å²) in [5, 5.41) is 0. The maximum atomic E-state index is 5.85. The minimum Gasteiger partial charge on any atom is -0.489 e. The zero-order chi connectivity index (χ0) is 14.1. The second kappa shape index (κ2) is 8.32. The van der Waals surface area contributed by atoms with E-state index in [0.29, 0.717) is 26.1 Å². The lowest BCUT2D eigenvalue weighted by atomic mass is 10.2. The molecule has 0 bridgehead atoms. The van der Waals surface area contributed by atoms with Crippen LogP contribution in [0.25, 0.3) is 0 Å². The van der Waals surface area contributed by atoms with Crippen LogP contribution in [0.2, 0.25) is 0 Å². The first kappa shape index (κ1) is 16.2. The highest BCUT2D eigenvalue weighted by Gasteiger charge is 2.42. The van der Waals surface area contributed by atoms with Crippen molar-refractivity contribution < 1.29 is 18.0 Å². The molecule has 0 amide bonds. The van der Waals surface area contributed by atoms with Gasteiger partial charge in [0.2, 0.25) is 0 Å². The van der Waals surface area contributed by atoms with Crippen LogP contribution in [-0.2, 0) is 13.3 Å². The van der Waals surface area contributed by atoms with Crippen LogP contribution in [0.3, 0.4) is 0 Å². The van der Waals surface area contributed by atoms with Crippen LogP contribution < -0.4 is 4.74 Å². The topological polar surface area (TPSA) is 36.9 Å². The molecule has 0 spiro atoms. The highest BCUT2D eigenvalue weighted by molar-refractivity contribution is 6.60. The lowest BCUT2D eigenvalue weighted by Gasteiger charge is -2.28. The summed E-state index contributed by atoms with van der Waals surface area (Å²) in [7, 11) is -2.72. The molecule has 0 saturated carbocycles. The third kappa shape index (κ3) is 4.95. The van der Waals surface area contributed by atoms with Gasteiger partial charge in [0.15, 0.2) is 6.23 Å². The first-order valence-electron chi connectivity index (χ1n) is 6.77. The van der Waals surface area contributed by atoms with Crippen LogP contribution >= 0.6 is 0 Å². The molecule has 0 N–H and O–H groups in total. The van der Waals surface area contributed by atoms with Crippen molar-refractivity contribution in [1.82, 2.24) is 0 Å². The Bertz CT molecular complexity index is 353. The fourth-order valence-electron chi connectivity index (χ4n) is 1.79. The highest BCUT2D eigenvalue weighted by Crippen LogP contribution is 2.19. The van der Waals surface area contributed by atoms with Gasteiger partial charge in [0, 0.05) is 19.8 Å². The van der Waals surface area contributed by atoms with Crippen molar-refractivity contribution in [2.75, 3.05) is 26.1 Å². The van der Waals surface area contributed by atoms with Crippen LogP contribution in [0.4, 0.5) is 0 Å². The monoisotopic (exact) mass is 284 g/mol. The number of para-hydroxylation sites is 1. The van der Waals surface area contributed by atoms with Gasteiger partial charge in [-0.25, -0.2) is 0 Å². The van der Waals surface area contributed by atoms with Gasteiger partial charge >= 0.3 is 8.80 Å². The van der Waals surface area contributed by atoms with Gasteiger partial charge in [0.1, 0.15) is 5.75 Å². The van der Waals surface area contributed by atoms with Gasteiger partial charge in [-0.15, -0.1) is 0 Å². The van der Waals surface area contributed by atoms with E-state index in [0.717, 1.165) is 11.3 Å². The Balaban J connectivity index is 2.73. The molecule has 0 fully saturated rings. The zero-order valence-electron chi connectivity index (χ0n) is 12.3. The molecule has 4 nitrogen and oxygen atoms in total.